The molecule has 0 radical (unpaired) electrons. The van der Waals surface area contributed by atoms with E-state index < -0.39 is 0 Å². The molecule has 0 spiro atoms. The molecule has 1 heterocycles. The first-order chi connectivity index (χ1) is 9.02. The van der Waals surface area contributed by atoms with Crippen molar-refractivity contribution >= 4 is 16.5 Å². The molecule has 108 valence electrons. The zero-order valence-electron chi connectivity index (χ0n) is 12.9. The Morgan fingerprint density at radius 3 is 2.58 bits per heavy atom. The lowest BCUT2D eigenvalue weighted by atomic mass is 10.2. The zero-order valence-corrected chi connectivity index (χ0v) is 13.7. The van der Waals surface area contributed by atoms with Gasteiger partial charge >= 0.3 is 0 Å². The van der Waals surface area contributed by atoms with E-state index in [0.717, 1.165) is 18.9 Å². The highest BCUT2D eigenvalue weighted by molar-refractivity contribution is 7.15. The van der Waals surface area contributed by atoms with Gasteiger partial charge in [-0.05, 0) is 32.1 Å². The summed E-state index contributed by atoms with van der Waals surface area (Å²) in [7, 11) is 2.20. The standard InChI is InChI=1S/C15H27N3S/c1-6-13-14(9-16-10(2)3)19-15(17-13)18(5)11(4)12-7-8-12/h10-12,16H,6-9H2,1-5H3. The summed E-state index contributed by atoms with van der Waals surface area (Å²) in [5, 5.41) is 4.70. The van der Waals surface area contributed by atoms with Crippen LogP contribution in [0.5, 0.6) is 0 Å². The molecule has 1 aliphatic carbocycles. The molecule has 0 aromatic carbocycles. The molecule has 1 N–H and O–H groups in total. The molecule has 0 bridgehead atoms. The Hall–Kier alpha value is -0.610. The molecule has 2 rings (SSSR count). The van der Waals surface area contributed by atoms with E-state index in [-0.39, 0.29) is 0 Å². The topological polar surface area (TPSA) is 28.2 Å². The van der Waals surface area contributed by atoms with Crippen molar-refractivity contribution in [2.24, 2.45) is 5.92 Å². The summed E-state index contributed by atoms with van der Waals surface area (Å²) in [4.78, 5) is 8.62. The monoisotopic (exact) mass is 281 g/mol. The Bertz CT molecular complexity index is 410. The summed E-state index contributed by atoms with van der Waals surface area (Å²) in [6.07, 6.45) is 3.80. The Morgan fingerprint density at radius 1 is 1.37 bits per heavy atom. The molecule has 1 unspecified atom stereocenters. The lowest BCUT2D eigenvalue weighted by Gasteiger charge is -2.23. The number of aromatic nitrogens is 1. The zero-order chi connectivity index (χ0) is 14.0. The maximum absolute atomic E-state index is 4.84. The van der Waals surface area contributed by atoms with E-state index in [0.29, 0.717) is 12.1 Å². The summed E-state index contributed by atoms with van der Waals surface area (Å²) in [6.45, 7) is 9.85. The van der Waals surface area contributed by atoms with Crippen molar-refractivity contribution in [1.82, 2.24) is 10.3 Å². The average Bonchev–Trinajstić information content (AvgIpc) is 3.14. The Balaban J connectivity index is 2.08. The first kappa shape index (κ1) is 14.8. The quantitative estimate of drug-likeness (QED) is 0.830. The van der Waals surface area contributed by atoms with Gasteiger partial charge in [0.2, 0.25) is 0 Å². The SMILES string of the molecule is CCc1nc(N(C)C(C)C2CC2)sc1CNC(C)C. The number of anilines is 1. The van der Waals surface area contributed by atoms with E-state index in [4.69, 9.17) is 4.98 Å². The Morgan fingerprint density at radius 2 is 2.05 bits per heavy atom. The summed E-state index contributed by atoms with van der Waals surface area (Å²) in [5.74, 6) is 0.885. The van der Waals surface area contributed by atoms with Crippen LogP contribution in [0.15, 0.2) is 0 Å². The summed E-state index contributed by atoms with van der Waals surface area (Å²) in [6, 6.07) is 1.15. The third-order valence-corrected chi connectivity index (χ3v) is 5.18. The molecule has 0 aliphatic heterocycles. The number of hydrogen-bond acceptors (Lipinski definition) is 4. The van der Waals surface area contributed by atoms with Crippen LogP contribution in [0.1, 0.15) is 51.1 Å². The van der Waals surface area contributed by atoms with Gasteiger partial charge in [-0.3, -0.25) is 0 Å². The second kappa shape index (κ2) is 6.23. The van der Waals surface area contributed by atoms with E-state index in [9.17, 15) is 0 Å². The molecule has 4 heteroatoms. The molecular weight excluding hydrogens is 254 g/mol. The highest BCUT2D eigenvalue weighted by Gasteiger charge is 2.31. The van der Waals surface area contributed by atoms with Gasteiger partial charge < -0.3 is 10.2 Å². The Kier molecular flexibility index (Phi) is 4.85. The van der Waals surface area contributed by atoms with Crippen molar-refractivity contribution in [3.05, 3.63) is 10.6 Å². The fraction of sp³-hybridized carbons (Fsp3) is 0.800. The molecular formula is C15H27N3S. The van der Waals surface area contributed by atoms with Crippen LogP contribution < -0.4 is 10.2 Å². The fourth-order valence-electron chi connectivity index (χ4n) is 2.30. The normalized spacial score (nSPS) is 16.9. The maximum atomic E-state index is 4.84. The van der Waals surface area contributed by atoms with E-state index in [2.05, 4.69) is 45.0 Å². The van der Waals surface area contributed by atoms with Crippen molar-refractivity contribution in [3.63, 3.8) is 0 Å². The van der Waals surface area contributed by atoms with Crippen LogP contribution in [0.4, 0.5) is 5.13 Å². The van der Waals surface area contributed by atoms with Crippen molar-refractivity contribution in [2.75, 3.05) is 11.9 Å². The van der Waals surface area contributed by atoms with Crippen LogP contribution in [0.25, 0.3) is 0 Å². The van der Waals surface area contributed by atoms with Crippen molar-refractivity contribution in [2.45, 2.75) is 65.6 Å². The molecule has 1 aromatic rings. The van der Waals surface area contributed by atoms with Crippen LogP contribution in [0, 0.1) is 5.92 Å². The minimum atomic E-state index is 0.526. The van der Waals surface area contributed by atoms with E-state index in [1.807, 2.05) is 11.3 Å². The van der Waals surface area contributed by atoms with Crippen LogP contribution in [-0.2, 0) is 13.0 Å². The van der Waals surface area contributed by atoms with Gasteiger partial charge in [-0.25, -0.2) is 4.98 Å². The molecule has 0 amide bonds. The number of aryl methyl sites for hydroxylation is 1. The van der Waals surface area contributed by atoms with Crippen LogP contribution >= 0.6 is 11.3 Å². The van der Waals surface area contributed by atoms with E-state index in [1.54, 1.807) is 0 Å². The molecule has 19 heavy (non-hydrogen) atoms. The van der Waals surface area contributed by atoms with Gasteiger partial charge in [0.05, 0.1) is 5.69 Å². The van der Waals surface area contributed by atoms with Crippen LogP contribution in [0.3, 0.4) is 0 Å². The second-order valence-electron chi connectivity index (χ2n) is 5.94. The molecule has 1 fully saturated rings. The number of nitrogens with zero attached hydrogens (tertiary/aromatic N) is 2. The average molecular weight is 281 g/mol. The van der Waals surface area contributed by atoms with Crippen molar-refractivity contribution in [3.8, 4) is 0 Å². The lowest BCUT2D eigenvalue weighted by molar-refractivity contribution is 0.590. The minimum Gasteiger partial charge on any atom is -0.348 e. The molecule has 0 saturated heterocycles. The van der Waals surface area contributed by atoms with Gasteiger partial charge in [0, 0.05) is 30.6 Å². The third kappa shape index (κ3) is 3.69. The highest BCUT2D eigenvalue weighted by atomic mass is 32.1. The number of rotatable bonds is 7. The molecule has 1 aliphatic rings. The summed E-state index contributed by atoms with van der Waals surface area (Å²) in [5.41, 5.74) is 1.27. The largest absolute Gasteiger partial charge is 0.348 e. The van der Waals surface area contributed by atoms with Gasteiger partial charge in [0.1, 0.15) is 0 Å². The van der Waals surface area contributed by atoms with Gasteiger partial charge in [-0.1, -0.05) is 20.8 Å². The minimum absolute atomic E-state index is 0.526. The van der Waals surface area contributed by atoms with Crippen LogP contribution in [-0.4, -0.2) is 24.1 Å². The predicted octanol–water partition coefficient (Wildman–Crippen LogP) is 3.44. The number of hydrogen-bond donors (Lipinski definition) is 1. The predicted molar refractivity (Wildman–Crippen MR) is 84.1 cm³/mol. The number of nitrogens with one attached hydrogen (secondary N) is 1. The van der Waals surface area contributed by atoms with Crippen molar-refractivity contribution in [1.29, 1.82) is 0 Å². The van der Waals surface area contributed by atoms with Crippen LogP contribution in [0.2, 0.25) is 0 Å². The fourth-order valence-corrected chi connectivity index (χ4v) is 3.45. The van der Waals surface area contributed by atoms with Gasteiger partial charge in [-0.2, -0.15) is 0 Å². The molecule has 1 aromatic heterocycles. The Labute approximate surface area is 121 Å². The molecule has 1 atom stereocenters. The maximum Gasteiger partial charge on any atom is 0.185 e. The van der Waals surface area contributed by atoms with E-state index >= 15 is 0 Å². The smallest absolute Gasteiger partial charge is 0.185 e. The summed E-state index contributed by atoms with van der Waals surface area (Å²) >= 11 is 1.86. The summed E-state index contributed by atoms with van der Waals surface area (Å²) < 4.78 is 0. The van der Waals surface area contributed by atoms with E-state index in [1.165, 1.54) is 28.5 Å². The number of thiazole rings is 1. The van der Waals surface area contributed by atoms with Gasteiger partial charge in [-0.15, -0.1) is 11.3 Å². The van der Waals surface area contributed by atoms with Crippen molar-refractivity contribution < 1.29 is 0 Å². The van der Waals surface area contributed by atoms with Gasteiger partial charge in [0.25, 0.3) is 0 Å². The van der Waals surface area contributed by atoms with Gasteiger partial charge in [0.15, 0.2) is 5.13 Å². The third-order valence-electron chi connectivity index (χ3n) is 3.99. The second-order valence-corrected chi connectivity index (χ2v) is 7.01. The first-order valence-electron chi connectivity index (χ1n) is 7.47. The molecule has 1 saturated carbocycles. The highest BCUT2D eigenvalue weighted by Crippen LogP contribution is 2.37. The molecule has 3 nitrogen and oxygen atoms in total. The first-order valence-corrected chi connectivity index (χ1v) is 8.29. The lowest BCUT2D eigenvalue weighted by Crippen LogP contribution is -2.30.